The molecule has 1 unspecified atom stereocenters. The number of thiophene rings is 1. The third-order valence-electron chi connectivity index (χ3n) is 2.81. The van der Waals surface area contributed by atoms with Crippen molar-refractivity contribution in [2.24, 2.45) is 5.73 Å². The maximum absolute atomic E-state index is 12.3. The Hall–Kier alpha value is -1.28. The fourth-order valence-electron chi connectivity index (χ4n) is 1.77. The average molecular weight is 311 g/mol. The molecule has 0 saturated heterocycles. The predicted molar refractivity (Wildman–Crippen MR) is 80.1 cm³/mol. The summed E-state index contributed by atoms with van der Waals surface area (Å²) in [6, 6.07) is 6.72. The van der Waals surface area contributed by atoms with Gasteiger partial charge in [-0.3, -0.25) is 4.98 Å². The van der Waals surface area contributed by atoms with Gasteiger partial charge < -0.3 is 5.73 Å². The zero-order valence-corrected chi connectivity index (χ0v) is 12.7. The highest BCUT2D eigenvalue weighted by Gasteiger charge is 2.20. The molecule has 2 aromatic rings. The molecule has 20 heavy (non-hydrogen) atoms. The van der Waals surface area contributed by atoms with Crippen LogP contribution in [0.15, 0.2) is 40.9 Å². The number of rotatable bonds is 6. The van der Waals surface area contributed by atoms with Crippen molar-refractivity contribution in [3.8, 4) is 0 Å². The Balaban J connectivity index is 2.14. The van der Waals surface area contributed by atoms with Gasteiger partial charge in [0.1, 0.15) is 4.21 Å². The van der Waals surface area contributed by atoms with E-state index in [0.717, 1.165) is 10.4 Å². The van der Waals surface area contributed by atoms with Gasteiger partial charge in [-0.1, -0.05) is 6.07 Å². The summed E-state index contributed by atoms with van der Waals surface area (Å²) < 4.78 is 27.5. The number of pyridine rings is 1. The van der Waals surface area contributed by atoms with Gasteiger partial charge in [-0.05, 0) is 43.7 Å². The van der Waals surface area contributed by atoms with Crippen LogP contribution in [0.5, 0.6) is 0 Å². The van der Waals surface area contributed by atoms with E-state index < -0.39 is 10.0 Å². The zero-order chi connectivity index (χ0) is 14.6. The summed E-state index contributed by atoms with van der Waals surface area (Å²) in [5, 5.41) is 0. The molecule has 0 fully saturated rings. The van der Waals surface area contributed by atoms with Crippen LogP contribution < -0.4 is 10.5 Å². The van der Waals surface area contributed by atoms with Crippen LogP contribution in [0.25, 0.3) is 0 Å². The van der Waals surface area contributed by atoms with E-state index >= 15 is 0 Å². The number of aromatic nitrogens is 1. The molecule has 0 radical (unpaired) electrons. The molecule has 0 aliphatic rings. The fraction of sp³-hybridized carbons (Fsp3) is 0.308. The van der Waals surface area contributed by atoms with Crippen molar-refractivity contribution in [3.63, 3.8) is 0 Å². The molecule has 0 amide bonds. The van der Waals surface area contributed by atoms with E-state index in [1.165, 1.54) is 11.3 Å². The Labute approximate surface area is 122 Å². The molecule has 0 aliphatic carbocycles. The van der Waals surface area contributed by atoms with Crippen molar-refractivity contribution in [2.75, 3.05) is 6.54 Å². The van der Waals surface area contributed by atoms with Crippen LogP contribution in [0.2, 0.25) is 0 Å². The normalized spacial score (nSPS) is 13.3. The monoisotopic (exact) mass is 311 g/mol. The molecule has 2 heterocycles. The number of hydrogen-bond acceptors (Lipinski definition) is 5. The maximum Gasteiger partial charge on any atom is 0.250 e. The summed E-state index contributed by atoms with van der Waals surface area (Å²) in [6.45, 7) is 2.31. The minimum absolute atomic E-state index is 0.316. The molecular weight excluding hydrogens is 294 g/mol. The lowest BCUT2D eigenvalue weighted by molar-refractivity contribution is 0.568. The van der Waals surface area contributed by atoms with Gasteiger partial charge in [0.25, 0.3) is 10.0 Å². The number of nitrogens with two attached hydrogens (primary N) is 1. The van der Waals surface area contributed by atoms with Gasteiger partial charge in [-0.15, -0.1) is 11.3 Å². The molecule has 2 rings (SSSR count). The molecule has 0 spiro atoms. The highest BCUT2D eigenvalue weighted by atomic mass is 32.2. The molecule has 3 N–H and O–H groups in total. The third kappa shape index (κ3) is 3.63. The summed E-state index contributed by atoms with van der Waals surface area (Å²) in [5.41, 5.74) is 6.30. The lowest BCUT2D eigenvalue weighted by Gasteiger charge is -2.13. The molecular formula is C13H17N3O2S2. The molecule has 108 valence electrons. The van der Waals surface area contributed by atoms with Crippen molar-refractivity contribution in [1.29, 1.82) is 0 Å². The van der Waals surface area contributed by atoms with E-state index in [2.05, 4.69) is 9.71 Å². The van der Waals surface area contributed by atoms with Crippen molar-refractivity contribution in [3.05, 3.63) is 47.1 Å². The van der Waals surface area contributed by atoms with Gasteiger partial charge in [-0.2, -0.15) is 0 Å². The molecule has 0 bridgehead atoms. The molecule has 0 aromatic carbocycles. The standard InChI is InChI=1S/C13H17N3O2S2/c1-10(11-3-2-8-15-9-11)16-20(17,18)13-5-4-12(19-13)6-7-14/h2-5,8-10,16H,6-7,14H2,1H3. The van der Waals surface area contributed by atoms with Gasteiger partial charge in [0.15, 0.2) is 0 Å². The number of hydrogen-bond donors (Lipinski definition) is 2. The van der Waals surface area contributed by atoms with E-state index in [4.69, 9.17) is 5.73 Å². The summed E-state index contributed by atoms with van der Waals surface area (Å²) >= 11 is 1.26. The third-order valence-corrected chi connectivity index (χ3v) is 5.99. The molecule has 5 nitrogen and oxygen atoms in total. The van der Waals surface area contributed by atoms with E-state index in [0.29, 0.717) is 17.2 Å². The Kier molecular flexibility index (Phi) is 4.87. The number of nitrogens with zero attached hydrogens (tertiary/aromatic N) is 1. The second-order valence-corrected chi connectivity index (χ2v) is 7.50. The molecule has 7 heteroatoms. The first-order chi connectivity index (χ1) is 9.53. The Morgan fingerprint density at radius 3 is 2.85 bits per heavy atom. The van der Waals surface area contributed by atoms with Gasteiger partial charge in [-0.25, -0.2) is 13.1 Å². The van der Waals surface area contributed by atoms with E-state index in [9.17, 15) is 8.42 Å². The SMILES string of the molecule is CC(NS(=O)(=O)c1ccc(CCN)s1)c1cccnc1. The highest BCUT2D eigenvalue weighted by Crippen LogP contribution is 2.23. The molecule has 0 saturated carbocycles. The Bertz CT molecular complexity index is 653. The van der Waals surface area contributed by atoms with Gasteiger partial charge in [0, 0.05) is 23.3 Å². The van der Waals surface area contributed by atoms with Crippen LogP contribution in [0.1, 0.15) is 23.4 Å². The van der Waals surface area contributed by atoms with Crippen LogP contribution in [0.4, 0.5) is 0 Å². The Morgan fingerprint density at radius 1 is 1.40 bits per heavy atom. The smallest absolute Gasteiger partial charge is 0.250 e. The highest BCUT2D eigenvalue weighted by molar-refractivity contribution is 7.91. The summed E-state index contributed by atoms with van der Waals surface area (Å²) in [5.74, 6) is 0. The average Bonchev–Trinajstić information content (AvgIpc) is 2.89. The van der Waals surface area contributed by atoms with Crippen molar-refractivity contribution in [1.82, 2.24) is 9.71 Å². The first-order valence-corrected chi connectivity index (χ1v) is 8.54. The van der Waals surface area contributed by atoms with Crippen LogP contribution in [-0.2, 0) is 16.4 Å². The van der Waals surface area contributed by atoms with E-state index in [1.54, 1.807) is 37.5 Å². The van der Waals surface area contributed by atoms with Crippen LogP contribution >= 0.6 is 11.3 Å². The maximum atomic E-state index is 12.3. The predicted octanol–water partition coefficient (Wildman–Crippen LogP) is 1.68. The topological polar surface area (TPSA) is 85.1 Å². The van der Waals surface area contributed by atoms with Crippen molar-refractivity contribution in [2.45, 2.75) is 23.6 Å². The zero-order valence-electron chi connectivity index (χ0n) is 11.1. The molecule has 1 atom stereocenters. The molecule has 0 aliphatic heterocycles. The summed E-state index contributed by atoms with van der Waals surface area (Å²) in [6.07, 6.45) is 4.00. The van der Waals surface area contributed by atoms with Crippen molar-refractivity contribution < 1.29 is 8.42 Å². The van der Waals surface area contributed by atoms with E-state index in [-0.39, 0.29) is 6.04 Å². The first-order valence-electron chi connectivity index (χ1n) is 6.24. The summed E-state index contributed by atoms with van der Waals surface area (Å²) in [7, 11) is -3.51. The Morgan fingerprint density at radius 2 is 2.20 bits per heavy atom. The second kappa shape index (κ2) is 6.45. The minimum Gasteiger partial charge on any atom is -0.330 e. The van der Waals surface area contributed by atoms with E-state index in [1.807, 2.05) is 6.07 Å². The number of sulfonamides is 1. The molecule has 2 aromatic heterocycles. The fourth-order valence-corrected chi connectivity index (χ4v) is 4.39. The lowest BCUT2D eigenvalue weighted by Crippen LogP contribution is -2.26. The number of nitrogens with one attached hydrogen (secondary N) is 1. The first kappa shape index (κ1) is 15.1. The second-order valence-electron chi connectivity index (χ2n) is 4.39. The van der Waals surface area contributed by atoms with Gasteiger partial charge in [0.05, 0.1) is 0 Å². The van der Waals surface area contributed by atoms with Crippen molar-refractivity contribution >= 4 is 21.4 Å². The quantitative estimate of drug-likeness (QED) is 0.850. The lowest BCUT2D eigenvalue weighted by atomic mass is 10.2. The van der Waals surface area contributed by atoms with Gasteiger partial charge >= 0.3 is 0 Å². The van der Waals surface area contributed by atoms with Gasteiger partial charge in [0.2, 0.25) is 0 Å². The minimum atomic E-state index is -3.51. The summed E-state index contributed by atoms with van der Waals surface area (Å²) in [4.78, 5) is 4.96. The van der Waals surface area contributed by atoms with Crippen LogP contribution in [-0.4, -0.2) is 19.9 Å². The van der Waals surface area contributed by atoms with Crippen LogP contribution in [0.3, 0.4) is 0 Å². The largest absolute Gasteiger partial charge is 0.330 e. The van der Waals surface area contributed by atoms with Crippen LogP contribution in [0, 0.1) is 0 Å².